The van der Waals surface area contributed by atoms with Crippen molar-refractivity contribution in [2.75, 3.05) is 6.61 Å². The quantitative estimate of drug-likeness (QED) is 0.660. The average Bonchev–Trinajstić information content (AvgIpc) is 2.24. The van der Waals surface area contributed by atoms with Crippen molar-refractivity contribution in [2.24, 2.45) is 5.92 Å². The molecule has 1 fully saturated rings. The van der Waals surface area contributed by atoms with Gasteiger partial charge in [0.1, 0.15) is 18.3 Å². The van der Waals surface area contributed by atoms with Crippen molar-refractivity contribution in [3.8, 4) is 0 Å². The Morgan fingerprint density at radius 2 is 1.94 bits per heavy atom. The van der Waals surface area contributed by atoms with Crippen LogP contribution in [0.15, 0.2) is 0 Å². The average molecular weight is 262 g/mol. The van der Waals surface area contributed by atoms with Crippen LogP contribution in [0.25, 0.3) is 0 Å². The molecule has 3 N–H and O–H groups in total. The summed E-state index contributed by atoms with van der Waals surface area (Å²) in [6.45, 7) is 7.28. The van der Waals surface area contributed by atoms with Crippen LogP contribution in [0.1, 0.15) is 27.7 Å². The normalized spacial score (nSPS) is 33.7. The van der Waals surface area contributed by atoms with E-state index in [1.807, 2.05) is 27.7 Å². The van der Waals surface area contributed by atoms with E-state index in [0.717, 1.165) is 0 Å². The summed E-state index contributed by atoms with van der Waals surface area (Å²) in [4.78, 5) is 11.1. The zero-order chi connectivity index (χ0) is 14.1. The molecule has 0 spiro atoms. The lowest BCUT2D eigenvalue weighted by Gasteiger charge is -2.42. The second-order valence-electron chi connectivity index (χ2n) is 5.49. The number of ether oxygens (including phenoxy) is 2. The van der Waals surface area contributed by atoms with Crippen LogP contribution >= 0.6 is 0 Å². The minimum absolute atomic E-state index is 0.123. The van der Waals surface area contributed by atoms with Crippen molar-refractivity contribution in [2.45, 2.75) is 57.7 Å². The van der Waals surface area contributed by atoms with Gasteiger partial charge in [-0.3, -0.25) is 0 Å². The number of aliphatic carboxylic acids is 1. The van der Waals surface area contributed by atoms with Gasteiger partial charge in [0.05, 0.1) is 12.2 Å². The van der Waals surface area contributed by atoms with Gasteiger partial charge in [-0.05, 0) is 19.8 Å². The number of carboxylic acid groups (broad SMARTS) is 1. The van der Waals surface area contributed by atoms with E-state index in [-0.39, 0.29) is 12.5 Å². The highest BCUT2D eigenvalue weighted by Gasteiger charge is 2.46. The maximum absolute atomic E-state index is 11.1. The molecule has 1 heterocycles. The number of aliphatic hydroxyl groups excluding tert-OH is 2. The summed E-state index contributed by atoms with van der Waals surface area (Å²) >= 11 is 0. The second kappa shape index (κ2) is 5.52. The van der Waals surface area contributed by atoms with Crippen LogP contribution in [-0.2, 0) is 14.3 Å². The van der Waals surface area contributed by atoms with E-state index in [1.165, 1.54) is 0 Å². The van der Waals surface area contributed by atoms with E-state index in [2.05, 4.69) is 0 Å². The third kappa shape index (κ3) is 3.20. The van der Waals surface area contributed by atoms with E-state index in [9.17, 15) is 15.0 Å². The van der Waals surface area contributed by atoms with Gasteiger partial charge in [-0.1, -0.05) is 13.8 Å². The van der Waals surface area contributed by atoms with Crippen molar-refractivity contribution < 1.29 is 29.6 Å². The lowest BCUT2D eigenvalue weighted by Crippen LogP contribution is -2.59. The molecule has 6 nitrogen and oxygen atoms in total. The lowest BCUT2D eigenvalue weighted by molar-refractivity contribution is -0.242. The Morgan fingerprint density at radius 3 is 2.39 bits per heavy atom. The Morgan fingerprint density at radius 1 is 1.39 bits per heavy atom. The Balaban J connectivity index is 2.88. The van der Waals surface area contributed by atoms with Crippen LogP contribution in [0, 0.1) is 5.92 Å². The molecular weight excluding hydrogens is 240 g/mol. The molecule has 0 aromatic heterocycles. The van der Waals surface area contributed by atoms with Crippen molar-refractivity contribution in [1.29, 1.82) is 0 Å². The predicted octanol–water partition coefficient (Wildman–Crippen LogP) is 0.0114. The molecule has 106 valence electrons. The fourth-order valence-electron chi connectivity index (χ4n) is 1.62. The van der Waals surface area contributed by atoms with Gasteiger partial charge < -0.3 is 24.8 Å². The van der Waals surface area contributed by atoms with Crippen molar-refractivity contribution >= 4 is 5.97 Å². The predicted molar refractivity (Wildman–Crippen MR) is 63.2 cm³/mol. The molecule has 0 radical (unpaired) electrons. The first-order valence-electron chi connectivity index (χ1n) is 6.05. The summed E-state index contributed by atoms with van der Waals surface area (Å²) in [6.07, 6.45) is -4.74. The number of carboxylic acids is 1. The van der Waals surface area contributed by atoms with Gasteiger partial charge >= 0.3 is 5.97 Å². The van der Waals surface area contributed by atoms with E-state index in [1.54, 1.807) is 0 Å². The van der Waals surface area contributed by atoms with E-state index < -0.39 is 36.0 Å². The van der Waals surface area contributed by atoms with Gasteiger partial charge in [-0.2, -0.15) is 0 Å². The molecule has 4 atom stereocenters. The third-order valence-corrected chi connectivity index (χ3v) is 3.55. The summed E-state index contributed by atoms with van der Waals surface area (Å²) in [7, 11) is 0. The van der Waals surface area contributed by atoms with Crippen LogP contribution in [-0.4, -0.2) is 57.9 Å². The van der Waals surface area contributed by atoms with Gasteiger partial charge in [0.15, 0.2) is 6.10 Å². The van der Waals surface area contributed by atoms with Gasteiger partial charge in [0, 0.05) is 0 Å². The maximum atomic E-state index is 11.1. The molecule has 0 unspecified atom stereocenters. The number of rotatable bonds is 4. The molecule has 0 aromatic rings. The van der Waals surface area contributed by atoms with Crippen molar-refractivity contribution in [3.05, 3.63) is 0 Å². The SMILES string of the molecule is CC(C)C(C)(C)O[C@H]1[C@H](O)[C@H](O)CO[C@@H]1C(=O)O. The Hall–Kier alpha value is -0.690. The summed E-state index contributed by atoms with van der Waals surface area (Å²) in [5.74, 6) is -1.08. The van der Waals surface area contributed by atoms with Crippen LogP contribution in [0.3, 0.4) is 0 Å². The monoisotopic (exact) mass is 262 g/mol. The first kappa shape index (κ1) is 15.4. The fourth-order valence-corrected chi connectivity index (χ4v) is 1.62. The summed E-state index contributed by atoms with van der Waals surface area (Å²) < 4.78 is 10.7. The third-order valence-electron chi connectivity index (χ3n) is 3.55. The van der Waals surface area contributed by atoms with Crippen LogP contribution in [0.4, 0.5) is 0 Å². The second-order valence-corrected chi connectivity index (χ2v) is 5.49. The van der Waals surface area contributed by atoms with E-state index in [0.29, 0.717) is 0 Å². The van der Waals surface area contributed by atoms with Crippen LogP contribution < -0.4 is 0 Å². The largest absolute Gasteiger partial charge is 0.479 e. The topological polar surface area (TPSA) is 96.2 Å². The standard InChI is InChI=1S/C12H22O6/c1-6(2)12(3,4)18-9-8(14)7(13)5-17-10(9)11(15)16/h6-10,13-14H,5H2,1-4H3,(H,15,16)/t7-,8-,9+,10+/m1/s1. The molecule has 0 bridgehead atoms. The zero-order valence-electron chi connectivity index (χ0n) is 11.2. The van der Waals surface area contributed by atoms with Crippen LogP contribution in [0.5, 0.6) is 0 Å². The summed E-state index contributed by atoms with van der Waals surface area (Å²) in [6, 6.07) is 0. The number of hydrogen-bond acceptors (Lipinski definition) is 5. The smallest absolute Gasteiger partial charge is 0.335 e. The molecule has 6 heteroatoms. The molecule has 0 aliphatic carbocycles. The first-order chi connectivity index (χ1) is 8.16. The molecule has 0 saturated carbocycles. The summed E-state index contributed by atoms with van der Waals surface area (Å²) in [5.41, 5.74) is -0.625. The molecule has 1 rings (SSSR count). The fraction of sp³-hybridized carbons (Fsp3) is 0.917. The molecular formula is C12H22O6. The van der Waals surface area contributed by atoms with Crippen molar-refractivity contribution in [1.82, 2.24) is 0 Å². The highest BCUT2D eigenvalue weighted by atomic mass is 16.6. The molecule has 0 amide bonds. The molecule has 1 saturated heterocycles. The van der Waals surface area contributed by atoms with Gasteiger partial charge in [0.25, 0.3) is 0 Å². The Labute approximate surface area is 107 Å². The highest BCUT2D eigenvalue weighted by molar-refractivity contribution is 5.73. The van der Waals surface area contributed by atoms with Gasteiger partial charge in [-0.15, -0.1) is 0 Å². The lowest BCUT2D eigenvalue weighted by atomic mass is 9.92. The number of aliphatic hydroxyl groups is 2. The van der Waals surface area contributed by atoms with Crippen LogP contribution in [0.2, 0.25) is 0 Å². The van der Waals surface area contributed by atoms with Crippen molar-refractivity contribution in [3.63, 3.8) is 0 Å². The zero-order valence-corrected chi connectivity index (χ0v) is 11.2. The minimum Gasteiger partial charge on any atom is -0.479 e. The number of hydrogen-bond donors (Lipinski definition) is 3. The van der Waals surface area contributed by atoms with Gasteiger partial charge in [0.2, 0.25) is 0 Å². The molecule has 1 aliphatic rings. The molecule has 18 heavy (non-hydrogen) atoms. The molecule has 0 aromatic carbocycles. The highest BCUT2D eigenvalue weighted by Crippen LogP contribution is 2.28. The minimum atomic E-state index is -1.27. The van der Waals surface area contributed by atoms with E-state index in [4.69, 9.17) is 14.6 Å². The maximum Gasteiger partial charge on any atom is 0.335 e. The Kier molecular flexibility index (Phi) is 4.72. The summed E-state index contributed by atoms with van der Waals surface area (Å²) in [5, 5.41) is 28.5. The van der Waals surface area contributed by atoms with Gasteiger partial charge in [-0.25, -0.2) is 4.79 Å². The number of carbonyl (C=O) groups is 1. The first-order valence-corrected chi connectivity index (χ1v) is 6.05. The molecule has 1 aliphatic heterocycles. The Bertz CT molecular complexity index is 301. The van der Waals surface area contributed by atoms with E-state index >= 15 is 0 Å².